The molecule has 3 aromatic heterocycles. The molecule has 4 aromatic rings. The van der Waals surface area contributed by atoms with Crippen LogP contribution in [0.1, 0.15) is 73.9 Å². The van der Waals surface area contributed by atoms with Gasteiger partial charge in [-0.2, -0.15) is 0 Å². The smallest absolute Gasteiger partial charge is 0.273 e. The van der Waals surface area contributed by atoms with Crippen molar-refractivity contribution in [2.75, 3.05) is 19.6 Å². The topological polar surface area (TPSA) is 159 Å². The number of carbonyl (C=O) groups is 4. The Morgan fingerprint density at radius 3 is 2.62 bits per heavy atom. The Bertz CT molecular complexity index is 1550. The van der Waals surface area contributed by atoms with Gasteiger partial charge in [-0.1, -0.05) is 44.2 Å². The van der Waals surface area contributed by atoms with Gasteiger partial charge in [0.2, 0.25) is 11.8 Å². The van der Waals surface area contributed by atoms with E-state index in [-0.39, 0.29) is 48.5 Å². The quantitative estimate of drug-likeness (QED) is 0.319. The Labute approximate surface area is 249 Å². The molecule has 4 amide bonds. The zero-order valence-corrected chi connectivity index (χ0v) is 24.5. The number of hydrogen-bond acceptors (Lipinski definition) is 10. The number of fused-ring (bicyclic) bond motifs is 4. The van der Waals surface area contributed by atoms with Crippen LogP contribution in [0.4, 0.5) is 0 Å². The number of nitrogens with one attached hydrogen (secondary N) is 3. The van der Waals surface area contributed by atoms with Gasteiger partial charge in [0, 0.05) is 30.3 Å². The largest absolute Gasteiger partial charge is 0.446 e. The minimum atomic E-state index is -0.683. The van der Waals surface area contributed by atoms with Crippen molar-refractivity contribution < 1.29 is 23.6 Å². The maximum atomic E-state index is 13.3. The molecule has 12 nitrogen and oxygen atoms in total. The molecule has 14 heteroatoms. The second kappa shape index (κ2) is 13.0. The third-order valence-electron chi connectivity index (χ3n) is 6.58. The molecule has 4 heterocycles. The molecule has 1 aliphatic rings. The van der Waals surface area contributed by atoms with E-state index in [2.05, 4.69) is 30.9 Å². The number of benzene rings is 1. The lowest BCUT2D eigenvalue weighted by atomic mass is 10.0. The molecule has 0 saturated heterocycles. The van der Waals surface area contributed by atoms with Gasteiger partial charge in [-0.05, 0) is 11.5 Å². The van der Waals surface area contributed by atoms with Crippen molar-refractivity contribution in [2.45, 2.75) is 32.4 Å². The van der Waals surface area contributed by atoms with E-state index in [1.54, 1.807) is 10.8 Å². The first-order valence-electron chi connectivity index (χ1n) is 13.3. The summed E-state index contributed by atoms with van der Waals surface area (Å²) >= 11 is 2.53. The number of thiazole rings is 2. The van der Waals surface area contributed by atoms with Gasteiger partial charge in [0.15, 0.2) is 5.69 Å². The molecule has 4 bridgehead atoms. The summed E-state index contributed by atoms with van der Waals surface area (Å²) in [6.07, 6.45) is 1.59. The van der Waals surface area contributed by atoms with Gasteiger partial charge in [0.05, 0.1) is 18.1 Å². The Morgan fingerprint density at radius 2 is 1.88 bits per heavy atom. The molecule has 1 aliphatic heterocycles. The fraction of sp³-hybridized carbons (Fsp3) is 0.321. The monoisotopic (exact) mass is 607 g/mol. The highest BCUT2D eigenvalue weighted by Crippen LogP contribution is 2.26. The van der Waals surface area contributed by atoms with Crippen LogP contribution in [0.5, 0.6) is 0 Å². The van der Waals surface area contributed by atoms with Gasteiger partial charge in [-0.15, -0.1) is 22.7 Å². The number of carbonyl (C=O) groups excluding carboxylic acids is 4. The van der Waals surface area contributed by atoms with E-state index in [0.29, 0.717) is 11.4 Å². The van der Waals surface area contributed by atoms with Crippen LogP contribution in [0.3, 0.4) is 0 Å². The number of oxazole rings is 1. The van der Waals surface area contributed by atoms with Gasteiger partial charge in [0.25, 0.3) is 17.7 Å². The first kappa shape index (κ1) is 29.1. The molecule has 218 valence electrons. The summed E-state index contributed by atoms with van der Waals surface area (Å²) < 4.78 is 5.66. The summed E-state index contributed by atoms with van der Waals surface area (Å²) in [6.45, 7) is 3.71. The van der Waals surface area contributed by atoms with Crippen molar-refractivity contribution in [1.82, 2.24) is 35.8 Å². The predicted molar refractivity (Wildman–Crippen MR) is 155 cm³/mol. The van der Waals surface area contributed by atoms with Crippen LogP contribution >= 0.6 is 22.7 Å². The highest BCUT2D eigenvalue weighted by molar-refractivity contribution is 7.10. The lowest BCUT2D eigenvalue weighted by Gasteiger charge is -2.25. The molecule has 42 heavy (non-hydrogen) atoms. The summed E-state index contributed by atoms with van der Waals surface area (Å²) in [7, 11) is 0. The minimum absolute atomic E-state index is 0.0178. The molecule has 2 atom stereocenters. The Morgan fingerprint density at radius 1 is 1.07 bits per heavy atom. The molecular formula is C28H29N7O5S2. The van der Waals surface area contributed by atoms with E-state index in [0.717, 1.165) is 5.56 Å². The molecule has 0 saturated carbocycles. The van der Waals surface area contributed by atoms with Crippen LogP contribution in [0.15, 0.2) is 57.3 Å². The summed E-state index contributed by atoms with van der Waals surface area (Å²) in [5, 5.41) is 12.4. The molecule has 0 spiro atoms. The van der Waals surface area contributed by atoms with Gasteiger partial charge in [-0.3, -0.25) is 19.2 Å². The minimum Gasteiger partial charge on any atom is -0.446 e. The van der Waals surface area contributed by atoms with Crippen molar-refractivity contribution in [3.63, 3.8) is 0 Å². The van der Waals surface area contributed by atoms with E-state index in [1.807, 2.05) is 44.2 Å². The Kier molecular flexibility index (Phi) is 9.03. The van der Waals surface area contributed by atoms with Gasteiger partial charge < -0.3 is 25.3 Å². The van der Waals surface area contributed by atoms with Crippen LogP contribution in [0.25, 0.3) is 0 Å². The summed E-state index contributed by atoms with van der Waals surface area (Å²) in [6, 6.07) is 8.34. The molecule has 0 aliphatic carbocycles. The van der Waals surface area contributed by atoms with Gasteiger partial charge in [0.1, 0.15) is 28.7 Å². The van der Waals surface area contributed by atoms with Crippen molar-refractivity contribution >= 4 is 46.3 Å². The lowest BCUT2D eigenvalue weighted by Crippen LogP contribution is -2.45. The zero-order valence-electron chi connectivity index (χ0n) is 22.9. The highest BCUT2D eigenvalue weighted by atomic mass is 32.1. The molecule has 3 N–H and O–H groups in total. The van der Waals surface area contributed by atoms with Crippen LogP contribution in [0, 0.1) is 5.92 Å². The first-order valence-corrected chi connectivity index (χ1v) is 15.1. The second-order valence-corrected chi connectivity index (χ2v) is 11.6. The summed E-state index contributed by atoms with van der Waals surface area (Å²) in [5.74, 6) is -1.70. The fourth-order valence-electron chi connectivity index (χ4n) is 4.40. The van der Waals surface area contributed by atoms with Crippen molar-refractivity contribution in [1.29, 1.82) is 0 Å². The standard InChI is InChI=1S/C28H29N7O5S2/c1-16(2)23-27-33-20(14-42-27)25(38)31-18(10-17-6-4-3-5-7-17)26-32-19(12-40-26)24(37)29-8-9-35(11-22(36)34-23)28(39)21-13-41-15-30-21/h3-7,12-16,18,23H,8-11H2,1-2H3,(H,29,37)(H,31,38)(H,34,36)/t18-,23-/m0/s1. The molecule has 0 radical (unpaired) electrons. The van der Waals surface area contributed by atoms with E-state index >= 15 is 0 Å². The number of hydrogen-bond donors (Lipinski definition) is 3. The molecule has 0 fully saturated rings. The highest BCUT2D eigenvalue weighted by Gasteiger charge is 2.28. The maximum absolute atomic E-state index is 13.3. The van der Waals surface area contributed by atoms with Gasteiger partial charge in [-0.25, -0.2) is 15.0 Å². The normalized spacial score (nSPS) is 18.5. The predicted octanol–water partition coefficient (Wildman–Crippen LogP) is 3.00. The third kappa shape index (κ3) is 6.89. The van der Waals surface area contributed by atoms with Crippen LogP contribution in [-0.2, 0) is 11.2 Å². The van der Waals surface area contributed by atoms with Crippen LogP contribution in [-0.4, -0.2) is 63.1 Å². The van der Waals surface area contributed by atoms with E-state index in [4.69, 9.17) is 4.42 Å². The fourth-order valence-corrected chi connectivity index (χ4v) is 5.95. The summed E-state index contributed by atoms with van der Waals surface area (Å²) in [4.78, 5) is 66.9. The van der Waals surface area contributed by atoms with Crippen LogP contribution < -0.4 is 16.0 Å². The average Bonchev–Trinajstić information content (AvgIpc) is 3.77. The molecule has 1 aromatic carbocycles. The van der Waals surface area contributed by atoms with Gasteiger partial charge >= 0.3 is 0 Å². The Hall–Kier alpha value is -4.43. The maximum Gasteiger partial charge on any atom is 0.273 e. The molecular weight excluding hydrogens is 578 g/mol. The first-order chi connectivity index (χ1) is 20.3. The average molecular weight is 608 g/mol. The molecule has 0 unspecified atom stereocenters. The second-order valence-electron chi connectivity index (χ2n) is 10.0. The third-order valence-corrected chi connectivity index (χ3v) is 8.10. The number of aromatic nitrogens is 3. The molecule has 5 rings (SSSR count). The number of nitrogens with zero attached hydrogens (tertiary/aromatic N) is 4. The SMILES string of the molecule is CC(C)[C@@H]1NC(=O)CN(C(=O)c2cscn2)CCNC(=O)c2coc(n2)[C@H](Cc2ccccc2)NC(=O)c2csc1n2. The zero-order chi connectivity index (χ0) is 29.6. The van der Waals surface area contributed by atoms with E-state index < -0.39 is 35.7 Å². The number of rotatable bonds is 4. The van der Waals surface area contributed by atoms with E-state index in [9.17, 15) is 19.2 Å². The van der Waals surface area contributed by atoms with Crippen molar-refractivity contribution in [2.24, 2.45) is 5.92 Å². The van der Waals surface area contributed by atoms with Crippen molar-refractivity contribution in [3.05, 3.63) is 86.4 Å². The van der Waals surface area contributed by atoms with Crippen molar-refractivity contribution in [3.8, 4) is 0 Å². The van der Waals surface area contributed by atoms with E-state index in [1.165, 1.54) is 39.3 Å². The van der Waals surface area contributed by atoms with Crippen LogP contribution in [0.2, 0.25) is 0 Å². The number of amides is 4. The summed E-state index contributed by atoms with van der Waals surface area (Å²) in [5.41, 5.74) is 2.88. The Balaban J connectivity index is 1.47. The lowest BCUT2D eigenvalue weighted by molar-refractivity contribution is -0.122.